The molecule has 4 N–H and O–H groups in total. The van der Waals surface area contributed by atoms with Gasteiger partial charge in [0.2, 0.25) is 5.91 Å². The molecule has 0 aromatic heterocycles. The second kappa shape index (κ2) is 5.76. The lowest BCUT2D eigenvalue weighted by Crippen LogP contribution is -2.34. The Hall–Kier alpha value is -2.67. The lowest BCUT2D eigenvalue weighted by atomic mass is 10.1. The number of nitrogens with one attached hydrogen (secondary N) is 1. The number of hydrogen-bond acceptors (Lipinski definition) is 5. The van der Waals surface area contributed by atoms with Gasteiger partial charge in [-0.25, -0.2) is 0 Å². The average Bonchev–Trinajstić information content (AvgIpc) is 2.69. The van der Waals surface area contributed by atoms with Crippen LogP contribution in [0.4, 0.5) is 5.69 Å². The molecule has 0 spiro atoms. The Balaban J connectivity index is 2.26. The largest absolute Gasteiger partial charge is 0.395 e. The van der Waals surface area contributed by atoms with Crippen LogP contribution in [0.3, 0.4) is 0 Å². The molecule has 21 heavy (non-hydrogen) atoms. The molecule has 7 nitrogen and oxygen atoms in total. The zero-order valence-corrected chi connectivity index (χ0v) is 11.4. The normalized spacial score (nSPS) is 14.4. The summed E-state index contributed by atoms with van der Waals surface area (Å²) in [5.41, 5.74) is 6.81. The molecule has 0 aliphatic carbocycles. The first-order valence-electron chi connectivity index (χ1n) is 6.30. The number of primary amides is 1. The summed E-state index contributed by atoms with van der Waals surface area (Å²) < 4.78 is 0. The highest BCUT2D eigenvalue weighted by atomic mass is 16.3. The van der Waals surface area contributed by atoms with Crippen molar-refractivity contribution in [2.24, 2.45) is 5.73 Å². The second-order valence-electron chi connectivity index (χ2n) is 4.54. The molecule has 1 aromatic rings. The summed E-state index contributed by atoms with van der Waals surface area (Å²) in [6.07, 6.45) is 1.16. The van der Waals surface area contributed by atoms with Crippen molar-refractivity contribution in [2.75, 3.05) is 18.5 Å². The summed E-state index contributed by atoms with van der Waals surface area (Å²) in [7, 11) is 0. The van der Waals surface area contributed by atoms with Crippen molar-refractivity contribution < 1.29 is 19.5 Å². The molecule has 1 heterocycles. The molecular formula is C14H15N3O4. The van der Waals surface area contributed by atoms with E-state index in [1.807, 2.05) is 0 Å². The van der Waals surface area contributed by atoms with Gasteiger partial charge in [0.15, 0.2) is 0 Å². The maximum absolute atomic E-state index is 12.0. The number of benzene rings is 1. The van der Waals surface area contributed by atoms with Crippen molar-refractivity contribution in [2.45, 2.75) is 6.92 Å². The average molecular weight is 289 g/mol. The van der Waals surface area contributed by atoms with Gasteiger partial charge in [-0.2, -0.15) is 0 Å². The Morgan fingerprint density at radius 1 is 1.38 bits per heavy atom. The smallest absolute Gasteiger partial charge is 0.277 e. The molecule has 0 fully saturated rings. The van der Waals surface area contributed by atoms with Crippen LogP contribution in [0, 0.1) is 6.92 Å². The summed E-state index contributed by atoms with van der Waals surface area (Å²) >= 11 is 0. The Morgan fingerprint density at radius 2 is 2.10 bits per heavy atom. The van der Waals surface area contributed by atoms with Gasteiger partial charge in [-0.3, -0.25) is 19.3 Å². The first kappa shape index (κ1) is 14.7. The van der Waals surface area contributed by atoms with Crippen molar-refractivity contribution in [3.63, 3.8) is 0 Å². The SMILES string of the molecule is Cc1c(NC2=CC(=O)N(CCO)C2=O)cccc1C(N)=O. The zero-order valence-electron chi connectivity index (χ0n) is 11.4. The molecule has 110 valence electrons. The van der Waals surface area contributed by atoms with Gasteiger partial charge in [0.1, 0.15) is 5.70 Å². The molecule has 0 bridgehead atoms. The van der Waals surface area contributed by atoms with E-state index in [0.717, 1.165) is 11.0 Å². The van der Waals surface area contributed by atoms with Gasteiger partial charge in [0.25, 0.3) is 11.8 Å². The lowest BCUT2D eigenvalue weighted by Gasteiger charge is -2.15. The number of amides is 3. The van der Waals surface area contributed by atoms with Crippen molar-refractivity contribution >= 4 is 23.4 Å². The van der Waals surface area contributed by atoms with E-state index in [9.17, 15) is 14.4 Å². The number of hydrogen-bond donors (Lipinski definition) is 3. The van der Waals surface area contributed by atoms with Crippen LogP contribution in [0.1, 0.15) is 15.9 Å². The first-order valence-corrected chi connectivity index (χ1v) is 6.30. The fourth-order valence-electron chi connectivity index (χ4n) is 2.09. The number of carbonyl (C=O) groups is 3. The minimum atomic E-state index is -0.569. The zero-order chi connectivity index (χ0) is 15.6. The maximum Gasteiger partial charge on any atom is 0.277 e. The summed E-state index contributed by atoms with van der Waals surface area (Å²) in [6.45, 7) is 1.34. The third-order valence-corrected chi connectivity index (χ3v) is 3.20. The summed E-state index contributed by atoms with van der Waals surface area (Å²) in [5, 5.41) is 11.7. The number of β-amino-alcohol motifs (C(OH)–C–C–N with tert-alkyl or cyclic N) is 1. The van der Waals surface area contributed by atoms with Crippen LogP contribution in [0.25, 0.3) is 0 Å². The van der Waals surface area contributed by atoms with Crippen LogP contribution < -0.4 is 11.1 Å². The summed E-state index contributed by atoms with van der Waals surface area (Å²) in [6, 6.07) is 4.88. The fraction of sp³-hybridized carbons (Fsp3) is 0.214. The monoisotopic (exact) mass is 289 g/mol. The minimum Gasteiger partial charge on any atom is -0.395 e. The van der Waals surface area contributed by atoms with Crippen LogP contribution in [0.5, 0.6) is 0 Å². The molecule has 0 saturated heterocycles. The topological polar surface area (TPSA) is 113 Å². The van der Waals surface area contributed by atoms with E-state index in [1.165, 1.54) is 0 Å². The van der Waals surface area contributed by atoms with Crippen LogP contribution in [-0.4, -0.2) is 40.9 Å². The minimum absolute atomic E-state index is 0.0559. The second-order valence-corrected chi connectivity index (χ2v) is 4.54. The summed E-state index contributed by atoms with van der Waals surface area (Å²) in [5.74, 6) is -1.57. The molecule has 0 atom stereocenters. The lowest BCUT2D eigenvalue weighted by molar-refractivity contribution is -0.137. The summed E-state index contributed by atoms with van der Waals surface area (Å²) in [4.78, 5) is 35.9. The van der Waals surface area contributed by atoms with Crippen molar-refractivity contribution in [1.82, 2.24) is 4.90 Å². The van der Waals surface area contributed by atoms with E-state index >= 15 is 0 Å². The predicted molar refractivity (Wildman–Crippen MR) is 75.2 cm³/mol. The van der Waals surface area contributed by atoms with Gasteiger partial charge < -0.3 is 16.2 Å². The van der Waals surface area contributed by atoms with Crippen LogP contribution in [0.2, 0.25) is 0 Å². The first-order chi connectivity index (χ1) is 9.95. The van der Waals surface area contributed by atoms with Crippen LogP contribution in [-0.2, 0) is 9.59 Å². The molecule has 7 heteroatoms. The number of nitrogens with two attached hydrogens (primary N) is 1. The standard InChI is InChI=1S/C14H15N3O4/c1-8-9(13(15)20)3-2-4-10(8)16-11-7-12(19)17(5-6-18)14(11)21/h2-4,7,16,18H,5-6H2,1H3,(H2,15,20). The molecule has 3 amide bonds. The Bertz CT molecular complexity index is 652. The molecule has 1 aromatic carbocycles. The number of imide groups is 1. The molecule has 1 aliphatic heterocycles. The Labute approximate surface area is 121 Å². The quantitative estimate of drug-likeness (QED) is 0.647. The number of aliphatic hydroxyl groups is 1. The number of aliphatic hydroxyl groups excluding tert-OH is 1. The highest BCUT2D eigenvalue weighted by molar-refractivity contribution is 6.17. The van der Waals surface area contributed by atoms with E-state index in [-0.39, 0.29) is 18.8 Å². The van der Waals surface area contributed by atoms with Gasteiger partial charge in [-0.1, -0.05) is 6.07 Å². The van der Waals surface area contributed by atoms with Crippen molar-refractivity contribution in [3.8, 4) is 0 Å². The fourth-order valence-corrected chi connectivity index (χ4v) is 2.09. The maximum atomic E-state index is 12.0. The van der Waals surface area contributed by atoms with Crippen LogP contribution in [0.15, 0.2) is 30.0 Å². The van der Waals surface area contributed by atoms with E-state index in [0.29, 0.717) is 16.8 Å². The third-order valence-electron chi connectivity index (χ3n) is 3.20. The molecule has 0 saturated carbocycles. The van der Waals surface area contributed by atoms with Gasteiger partial charge >= 0.3 is 0 Å². The number of rotatable bonds is 5. The van der Waals surface area contributed by atoms with E-state index in [1.54, 1.807) is 25.1 Å². The molecule has 2 rings (SSSR count). The third kappa shape index (κ3) is 2.77. The number of nitrogens with zero attached hydrogens (tertiary/aromatic N) is 1. The molecule has 0 unspecified atom stereocenters. The van der Waals surface area contributed by atoms with E-state index < -0.39 is 17.7 Å². The predicted octanol–water partition coefficient (Wildman–Crippen LogP) is -0.249. The van der Waals surface area contributed by atoms with Gasteiger partial charge in [0, 0.05) is 17.3 Å². The number of carbonyl (C=O) groups excluding carboxylic acids is 3. The Morgan fingerprint density at radius 3 is 2.71 bits per heavy atom. The van der Waals surface area contributed by atoms with E-state index in [2.05, 4.69) is 5.32 Å². The highest BCUT2D eigenvalue weighted by Crippen LogP contribution is 2.22. The van der Waals surface area contributed by atoms with Gasteiger partial charge in [-0.15, -0.1) is 0 Å². The molecule has 1 aliphatic rings. The van der Waals surface area contributed by atoms with Crippen molar-refractivity contribution in [3.05, 3.63) is 41.1 Å². The Kier molecular flexibility index (Phi) is 4.04. The van der Waals surface area contributed by atoms with Gasteiger partial charge in [-0.05, 0) is 24.6 Å². The van der Waals surface area contributed by atoms with E-state index in [4.69, 9.17) is 10.8 Å². The number of anilines is 1. The van der Waals surface area contributed by atoms with Crippen molar-refractivity contribution in [1.29, 1.82) is 0 Å². The molecule has 0 radical (unpaired) electrons. The highest BCUT2D eigenvalue weighted by Gasteiger charge is 2.30. The van der Waals surface area contributed by atoms with Gasteiger partial charge in [0.05, 0.1) is 13.2 Å². The van der Waals surface area contributed by atoms with Crippen LogP contribution >= 0.6 is 0 Å². The molecular weight excluding hydrogens is 274 g/mol.